The second-order valence-electron chi connectivity index (χ2n) is 6.04. The zero-order valence-electron chi connectivity index (χ0n) is 13.9. The van der Waals surface area contributed by atoms with Gasteiger partial charge in [-0.15, -0.1) is 0 Å². The predicted molar refractivity (Wildman–Crippen MR) is 108 cm³/mol. The molecule has 0 saturated heterocycles. The second-order valence-corrected chi connectivity index (χ2v) is 7.87. The molecule has 0 atom stereocenters. The van der Waals surface area contributed by atoms with Gasteiger partial charge in [0.15, 0.2) is 0 Å². The standard InChI is InChI=1S/C19H15Cl2N3OS/c1-11-4-2-3-5-17(11)24-18(14-9-26-10-16(14)23-24)22-19(25)13-7-6-12(20)8-15(13)21/h2-8H,9-10H2,1H3,(H,22,25). The van der Waals surface area contributed by atoms with Crippen LogP contribution in [0.15, 0.2) is 42.5 Å². The molecule has 0 saturated carbocycles. The van der Waals surface area contributed by atoms with Gasteiger partial charge in [-0.25, -0.2) is 4.68 Å². The fourth-order valence-electron chi connectivity index (χ4n) is 2.97. The molecule has 4 rings (SSSR count). The van der Waals surface area contributed by atoms with Crippen LogP contribution in [0.25, 0.3) is 5.69 Å². The zero-order chi connectivity index (χ0) is 18.3. The lowest BCUT2D eigenvalue weighted by Gasteiger charge is -2.13. The molecular weight excluding hydrogens is 389 g/mol. The molecule has 7 heteroatoms. The Morgan fingerprint density at radius 1 is 1.19 bits per heavy atom. The van der Waals surface area contributed by atoms with Gasteiger partial charge in [-0.1, -0.05) is 41.4 Å². The molecule has 2 aromatic carbocycles. The summed E-state index contributed by atoms with van der Waals surface area (Å²) in [6, 6.07) is 12.8. The third kappa shape index (κ3) is 3.11. The van der Waals surface area contributed by atoms with Crippen molar-refractivity contribution >= 4 is 46.7 Å². The number of rotatable bonds is 3. The Bertz CT molecular complexity index is 1020. The van der Waals surface area contributed by atoms with Crippen molar-refractivity contribution in [1.29, 1.82) is 0 Å². The van der Waals surface area contributed by atoms with Crippen LogP contribution in [-0.4, -0.2) is 15.7 Å². The van der Waals surface area contributed by atoms with Crippen molar-refractivity contribution in [3.8, 4) is 5.69 Å². The highest BCUT2D eigenvalue weighted by Crippen LogP contribution is 2.37. The molecule has 0 aliphatic carbocycles. The van der Waals surface area contributed by atoms with Crippen LogP contribution in [0.4, 0.5) is 5.82 Å². The Balaban J connectivity index is 1.77. The first-order chi connectivity index (χ1) is 12.5. The first-order valence-corrected chi connectivity index (χ1v) is 9.96. The minimum Gasteiger partial charge on any atom is -0.306 e. The molecule has 0 unspecified atom stereocenters. The van der Waals surface area contributed by atoms with Crippen molar-refractivity contribution in [1.82, 2.24) is 9.78 Å². The second kappa shape index (κ2) is 6.99. The number of benzene rings is 2. The maximum absolute atomic E-state index is 12.8. The summed E-state index contributed by atoms with van der Waals surface area (Å²) in [5.74, 6) is 2.10. The van der Waals surface area contributed by atoms with E-state index in [1.807, 2.05) is 35.9 Å². The molecule has 1 aliphatic rings. The summed E-state index contributed by atoms with van der Waals surface area (Å²) < 4.78 is 1.82. The lowest BCUT2D eigenvalue weighted by atomic mass is 10.2. The largest absolute Gasteiger partial charge is 0.306 e. The van der Waals surface area contributed by atoms with Crippen molar-refractivity contribution in [3.63, 3.8) is 0 Å². The minimum absolute atomic E-state index is 0.277. The van der Waals surface area contributed by atoms with E-state index < -0.39 is 0 Å². The lowest BCUT2D eigenvalue weighted by molar-refractivity contribution is 0.102. The first kappa shape index (κ1) is 17.5. The van der Waals surface area contributed by atoms with Crippen LogP contribution in [0.5, 0.6) is 0 Å². The highest BCUT2D eigenvalue weighted by atomic mass is 35.5. The Morgan fingerprint density at radius 2 is 2.00 bits per heavy atom. The van der Waals surface area contributed by atoms with Gasteiger partial charge in [-0.2, -0.15) is 16.9 Å². The van der Waals surface area contributed by atoms with Crippen molar-refractivity contribution in [2.45, 2.75) is 18.4 Å². The van der Waals surface area contributed by atoms with Gasteiger partial charge < -0.3 is 5.32 Å². The molecule has 1 amide bonds. The molecule has 0 fully saturated rings. The summed E-state index contributed by atoms with van der Waals surface area (Å²) in [5, 5.41) is 8.56. The van der Waals surface area contributed by atoms with Gasteiger partial charge in [0.2, 0.25) is 0 Å². The monoisotopic (exact) mass is 403 g/mol. The Hall–Kier alpha value is -1.95. The summed E-state index contributed by atoms with van der Waals surface area (Å²) in [6.07, 6.45) is 0. The minimum atomic E-state index is -0.277. The third-order valence-corrected chi connectivity index (χ3v) is 5.82. The normalized spacial score (nSPS) is 12.9. The number of carbonyl (C=O) groups excluding carboxylic acids is 1. The molecule has 1 N–H and O–H groups in total. The number of para-hydroxylation sites is 1. The van der Waals surface area contributed by atoms with Crippen molar-refractivity contribution < 1.29 is 4.79 Å². The van der Waals surface area contributed by atoms with Crippen molar-refractivity contribution in [3.05, 3.63) is 74.9 Å². The van der Waals surface area contributed by atoms with E-state index >= 15 is 0 Å². The van der Waals surface area contributed by atoms with Gasteiger partial charge in [-0.05, 0) is 36.8 Å². The lowest BCUT2D eigenvalue weighted by Crippen LogP contribution is -2.17. The number of halogens is 2. The number of anilines is 1. The number of aryl methyl sites for hydroxylation is 1. The number of thioether (sulfide) groups is 1. The Morgan fingerprint density at radius 3 is 2.77 bits per heavy atom. The molecule has 1 aromatic heterocycles. The summed E-state index contributed by atoms with van der Waals surface area (Å²) in [4.78, 5) is 12.8. The third-order valence-electron chi connectivity index (χ3n) is 4.30. The number of carbonyl (C=O) groups is 1. The molecule has 0 bridgehead atoms. The quantitative estimate of drug-likeness (QED) is 0.628. The molecule has 0 radical (unpaired) electrons. The van der Waals surface area contributed by atoms with Crippen LogP contribution in [0.2, 0.25) is 10.0 Å². The summed E-state index contributed by atoms with van der Waals surface area (Å²) in [6.45, 7) is 2.03. The van der Waals surface area contributed by atoms with Gasteiger partial charge in [-0.3, -0.25) is 4.79 Å². The maximum Gasteiger partial charge on any atom is 0.258 e. The molecule has 3 aromatic rings. The summed E-state index contributed by atoms with van der Waals surface area (Å²) in [5.41, 5.74) is 4.49. The Kier molecular flexibility index (Phi) is 4.69. The Labute approximate surface area is 165 Å². The number of fused-ring (bicyclic) bond motifs is 1. The highest BCUT2D eigenvalue weighted by Gasteiger charge is 2.26. The zero-order valence-corrected chi connectivity index (χ0v) is 16.3. The van der Waals surface area contributed by atoms with Gasteiger partial charge in [0.1, 0.15) is 5.82 Å². The fraction of sp³-hybridized carbons (Fsp3) is 0.158. The van der Waals surface area contributed by atoms with E-state index in [0.29, 0.717) is 21.4 Å². The number of amides is 1. The van der Waals surface area contributed by atoms with Gasteiger partial charge >= 0.3 is 0 Å². The molecule has 0 spiro atoms. The molecule has 1 aliphatic heterocycles. The SMILES string of the molecule is Cc1ccccc1-n1nc2c(c1NC(=O)c1ccc(Cl)cc1Cl)CSC2. The molecule has 4 nitrogen and oxygen atoms in total. The van der Waals surface area contributed by atoms with E-state index in [1.54, 1.807) is 30.0 Å². The van der Waals surface area contributed by atoms with E-state index in [-0.39, 0.29) is 5.91 Å². The number of aromatic nitrogens is 2. The average molecular weight is 404 g/mol. The number of hydrogen-bond donors (Lipinski definition) is 1. The first-order valence-electron chi connectivity index (χ1n) is 8.05. The van der Waals surface area contributed by atoms with Crippen LogP contribution in [0, 0.1) is 6.92 Å². The number of nitrogens with one attached hydrogen (secondary N) is 1. The van der Waals surface area contributed by atoms with Crippen LogP contribution in [0.3, 0.4) is 0 Å². The molecule has 132 valence electrons. The number of nitrogens with zero attached hydrogens (tertiary/aromatic N) is 2. The van der Waals surface area contributed by atoms with Crippen LogP contribution in [0.1, 0.15) is 27.2 Å². The summed E-state index contributed by atoms with van der Waals surface area (Å²) in [7, 11) is 0. The predicted octanol–water partition coefficient (Wildman–Crippen LogP) is 5.49. The van der Waals surface area contributed by atoms with E-state index in [4.69, 9.17) is 28.3 Å². The van der Waals surface area contributed by atoms with Gasteiger partial charge in [0, 0.05) is 22.1 Å². The van der Waals surface area contributed by atoms with E-state index in [9.17, 15) is 4.79 Å². The van der Waals surface area contributed by atoms with E-state index in [2.05, 4.69) is 5.32 Å². The molecule has 2 heterocycles. The van der Waals surface area contributed by atoms with Gasteiger partial charge in [0.25, 0.3) is 5.91 Å². The average Bonchev–Trinajstić information content (AvgIpc) is 3.18. The van der Waals surface area contributed by atoms with Crippen LogP contribution < -0.4 is 5.32 Å². The fourth-order valence-corrected chi connectivity index (χ4v) is 4.49. The van der Waals surface area contributed by atoms with E-state index in [1.165, 1.54) is 0 Å². The van der Waals surface area contributed by atoms with Crippen molar-refractivity contribution in [2.24, 2.45) is 0 Å². The number of hydrogen-bond acceptors (Lipinski definition) is 3. The molecular formula is C19H15Cl2N3OS. The van der Waals surface area contributed by atoms with Crippen LogP contribution >= 0.6 is 35.0 Å². The smallest absolute Gasteiger partial charge is 0.258 e. The maximum atomic E-state index is 12.8. The van der Waals surface area contributed by atoms with Crippen LogP contribution in [-0.2, 0) is 11.5 Å². The topological polar surface area (TPSA) is 46.9 Å². The van der Waals surface area contributed by atoms with Crippen molar-refractivity contribution in [2.75, 3.05) is 5.32 Å². The molecule has 26 heavy (non-hydrogen) atoms. The highest BCUT2D eigenvalue weighted by molar-refractivity contribution is 7.98. The summed E-state index contributed by atoms with van der Waals surface area (Å²) >= 11 is 13.9. The van der Waals surface area contributed by atoms with E-state index in [0.717, 1.165) is 34.0 Å². The van der Waals surface area contributed by atoms with Gasteiger partial charge in [0.05, 0.1) is 22.0 Å².